The van der Waals surface area contributed by atoms with E-state index >= 15 is 13.2 Å². The van der Waals surface area contributed by atoms with Crippen molar-refractivity contribution < 1.29 is 27.5 Å². The fourth-order valence-corrected chi connectivity index (χ4v) is 9.95. The number of carbonyl (C=O) groups excluding carboxylic acids is 2. The van der Waals surface area contributed by atoms with Crippen LogP contribution in [-0.4, -0.2) is 85.9 Å². The van der Waals surface area contributed by atoms with Gasteiger partial charge >= 0.3 is 6.03 Å². The van der Waals surface area contributed by atoms with Crippen LogP contribution in [0.25, 0.3) is 21.8 Å². The molecule has 3 aromatic carbocycles. The third-order valence-electron chi connectivity index (χ3n) is 12.7. The predicted octanol–water partition coefficient (Wildman–Crippen LogP) is 6.91. The van der Waals surface area contributed by atoms with Crippen LogP contribution in [0.3, 0.4) is 0 Å². The molecule has 1 spiro atoms. The molecular formula is C42H43F3N10O4S. The average molecular weight is 841 g/mol. The topological polar surface area (TPSA) is 154 Å². The Labute approximate surface area is 347 Å². The van der Waals surface area contributed by atoms with Gasteiger partial charge in [0, 0.05) is 69.3 Å². The van der Waals surface area contributed by atoms with E-state index in [0.717, 1.165) is 32.5 Å². The molecule has 3 atom stereocenters. The molecule has 4 heterocycles. The van der Waals surface area contributed by atoms with Crippen molar-refractivity contribution in [2.75, 3.05) is 42.8 Å². The summed E-state index contributed by atoms with van der Waals surface area (Å²) in [6.07, 6.45) is 3.40. The highest BCUT2D eigenvalue weighted by molar-refractivity contribution is 7.98. The molecule has 2 N–H and O–H groups in total. The molecule has 3 unspecified atom stereocenters. The summed E-state index contributed by atoms with van der Waals surface area (Å²) in [5.74, 6) is -1.65. The van der Waals surface area contributed by atoms with E-state index in [1.807, 2.05) is 24.3 Å². The Morgan fingerprint density at radius 1 is 1.08 bits per heavy atom. The molecule has 0 bridgehead atoms. The number of hydrogen-bond acceptors (Lipinski definition) is 11. The van der Waals surface area contributed by atoms with Gasteiger partial charge in [-0.2, -0.15) is 10.4 Å². The monoisotopic (exact) mass is 840 g/mol. The standard InChI is InChI=1S/C42H43F3N10O4S/c1-4-51(2)60-50-34-9-7-30(43)38(29(34)19-46)59-25-6-8-33-27(14-25)40(57)55(22-47-33)24-17-42(18-24)20-53(21-42)35-10-5-23(13-32(35)45)26-16-36-28(15-31(26)44)39(49-52(36)3)54-12-11-37(56)48-41(54)58/h6-9,14-16,22-24,32,35,50H,4-5,10-13,17-18,20-21H2,1-3H3,(H,48,56,58). The van der Waals surface area contributed by atoms with Crippen molar-refractivity contribution in [2.45, 2.75) is 69.6 Å². The highest BCUT2D eigenvalue weighted by Crippen LogP contribution is 2.55. The molecule has 18 heteroatoms. The number of likely N-dealkylation sites (tertiary alicyclic amines) is 1. The van der Waals surface area contributed by atoms with Crippen molar-refractivity contribution in [1.29, 1.82) is 5.26 Å². The maximum Gasteiger partial charge on any atom is 0.329 e. The first kappa shape index (κ1) is 39.8. The SMILES string of the molecule is CCN(C)SNc1ccc(F)c(Oc2ccc3ncn(C4CC5(C4)CN(C4CCC(c6cc7c(cc6F)c(N6CCC(=O)NC6=O)nn7C)CC4F)C5)c(=O)c3c2)c1C#N. The van der Waals surface area contributed by atoms with Crippen LogP contribution >= 0.6 is 12.1 Å². The third kappa shape index (κ3) is 7.01. The first-order valence-electron chi connectivity index (χ1n) is 20.1. The molecule has 2 saturated heterocycles. The average Bonchev–Trinajstić information content (AvgIpc) is 3.51. The van der Waals surface area contributed by atoms with E-state index in [2.05, 4.69) is 25.0 Å². The fraction of sp³-hybridized carbons (Fsp3) is 0.429. The van der Waals surface area contributed by atoms with E-state index in [4.69, 9.17) is 4.74 Å². The number of nitrogens with zero attached hydrogens (tertiary/aromatic N) is 8. The van der Waals surface area contributed by atoms with Gasteiger partial charge in [0.15, 0.2) is 17.4 Å². The molecule has 2 aliphatic heterocycles. The number of carbonyl (C=O) groups is 2. The molecule has 9 rings (SSSR count). The Morgan fingerprint density at radius 3 is 2.62 bits per heavy atom. The lowest BCUT2D eigenvalue weighted by atomic mass is 9.59. The van der Waals surface area contributed by atoms with Crippen LogP contribution in [0.5, 0.6) is 11.5 Å². The zero-order valence-corrected chi connectivity index (χ0v) is 34.1. The second-order valence-corrected chi connectivity index (χ2v) is 17.4. The van der Waals surface area contributed by atoms with E-state index in [1.54, 1.807) is 40.8 Å². The van der Waals surface area contributed by atoms with Gasteiger partial charge < -0.3 is 9.46 Å². The second-order valence-electron chi connectivity index (χ2n) is 16.4. The van der Waals surface area contributed by atoms with E-state index in [0.29, 0.717) is 45.9 Å². The van der Waals surface area contributed by atoms with Crippen LogP contribution in [0.2, 0.25) is 0 Å². The van der Waals surface area contributed by atoms with Gasteiger partial charge in [-0.3, -0.25) is 34.0 Å². The summed E-state index contributed by atoms with van der Waals surface area (Å²) in [5, 5.41) is 17.4. The summed E-state index contributed by atoms with van der Waals surface area (Å²) in [5.41, 5.74) is 1.63. The summed E-state index contributed by atoms with van der Waals surface area (Å²) in [6.45, 7) is 4.29. The lowest BCUT2D eigenvalue weighted by Gasteiger charge is -2.62. The smallest absolute Gasteiger partial charge is 0.329 e. The summed E-state index contributed by atoms with van der Waals surface area (Å²) >= 11 is 1.27. The zero-order chi connectivity index (χ0) is 42.0. The molecule has 60 heavy (non-hydrogen) atoms. The Balaban J connectivity index is 0.834. The number of halogens is 3. The molecule has 0 radical (unpaired) electrons. The molecule has 2 saturated carbocycles. The van der Waals surface area contributed by atoms with Crippen LogP contribution in [0.1, 0.15) is 68.5 Å². The van der Waals surface area contributed by atoms with Gasteiger partial charge in [0.05, 0.1) is 28.4 Å². The minimum atomic E-state index is -1.15. The van der Waals surface area contributed by atoms with Crippen molar-refractivity contribution in [3.05, 3.63) is 81.9 Å². The maximum absolute atomic E-state index is 16.0. The maximum atomic E-state index is 16.0. The number of alkyl halides is 1. The molecule has 2 aromatic heterocycles. The number of aromatic nitrogens is 4. The van der Waals surface area contributed by atoms with Gasteiger partial charge in [0.1, 0.15) is 29.4 Å². The largest absolute Gasteiger partial charge is 0.453 e. The summed E-state index contributed by atoms with van der Waals surface area (Å²) in [6, 6.07) is 11.6. The number of nitriles is 1. The van der Waals surface area contributed by atoms with E-state index < -0.39 is 23.8 Å². The molecule has 312 valence electrons. The van der Waals surface area contributed by atoms with Crippen molar-refractivity contribution in [2.24, 2.45) is 12.5 Å². The van der Waals surface area contributed by atoms with E-state index in [9.17, 15) is 19.6 Å². The second kappa shape index (κ2) is 15.4. The summed E-state index contributed by atoms with van der Waals surface area (Å²) in [7, 11) is 3.58. The highest BCUT2D eigenvalue weighted by Gasteiger charge is 2.55. The minimum absolute atomic E-state index is 0.00392. The first-order chi connectivity index (χ1) is 28.8. The summed E-state index contributed by atoms with van der Waals surface area (Å²) < 4.78 is 60.9. The third-order valence-corrected chi connectivity index (χ3v) is 13.5. The Kier molecular flexibility index (Phi) is 10.2. The number of ether oxygens (including phenoxy) is 1. The van der Waals surface area contributed by atoms with Crippen LogP contribution in [0.4, 0.5) is 29.5 Å². The number of urea groups is 1. The number of amides is 3. The lowest BCUT2D eigenvalue weighted by Crippen LogP contribution is -2.67. The molecule has 14 nitrogen and oxygen atoms in total. The van der Waals surface area contributed by atoms with Crippen LogP contribution in [0.15, 0.2) is 53.6 Å². The van der Waals surface area contributed by atoms with Crippen LogP contribution in [-0.2, 0) is 11.8 Å². The number of anilines is 2. The quantitative estimate of drug-likeness (QED) is 0.141. The van der Waals surface area contributed by atoms with Gasteiger partial charge in [-0.25, -0.2) is 27.3 Å². The molecule has 3 amide bonds. The van der Waals surface area contributed by atoms with Crippen LogP contribution < -0.4 is 25.2 Å². The number of aryl methyl sites for hydroxylation is 1. The fourth-order valence-electron chi connectivity index (χ4n) is 9.39. The van der Waals surface area contributed by atoms with Crippen LogP contribution in [0, 0.1) is 28.4 Å². The normalized spacial score (nSPS) is 21.9. The highest BCUT2D eigenvalue weighted by atomic mass is 32.2. The molecule has 5 aromatic rings. The molecule has 4 fully saturated rings. The molecular weight excluding hydrogens is 798 g/mol. The number of hydrogen-bond donors (Lipinski definition) is 2. The number of fused-ring (bicyclic) bond motifs is 2. The van der Waals surface area contributed by atoms with Crippen molar-refractivity contribution >= 4 is 57.4 Å². The number of benzene rings is 3. The number of rotatable bonds is 10. The van der Waals surface area contributed by atoms with Crippen molar-refractivity contribution in [3.63, 3.8) is 0 Å². The number of nitrogens with one attached hydrogen (secondary N) is 2. The first-order valence-corrected chi connectivity index (χ1v) is 20.8. The van der Waals surface area contributed by atoms with Gasteiger partial charge in [0.25, 0.3) is 5.56 Å². The number of imide groups is 1. The Morgan fingerprint density at radius 2 is 1.88 bits per heavy atom. The van der Waals surface area contributed by atoms with Gasteiger partial charge in [-0.15, -0.1) is 0 Å². The van der Waals surface area contributed by atoms with E-state index in [-0.39, 0.29) is 77.1 Å². The minimum Gasteiger partial charge on any atom is -0.453 e. The molecule has 2 aliphatic carbocycles. The van der Waals surface area contributed by atoms with Gasteiger partial charge in [0.2, 0.25) is 5.91 Å². The zero-order valence-electron chi connectivity index (χ0n) is 33.3. The Hall–Kier alpha value is -5.64. The Bertz CT molecular complexity index is 2650. The lowest BCUT2D eigenvalue weighted by molar-refractivity contribution is -0.126. The summed E-state index contributed by atoms with van der Waals surface area (Å²) in [4.78, 5) is 46.0. The predicted molar refractivity (Wildman–Crippen MR) is 220 cm³/mol. The van der Waals surface area contributed by atoms with Crippen molar-refractivity contribution in [1.82, 2.24) is 33.9 Å². The van der Waals surface area contributed by atoms with Gasteiger partial charge in [-0.1, -0.05) is 6.92 Å². The van der Waals surface area contributed by atoms with Crippen molar-refractivity contribution in [3.8, 4) is 17.6 Å². The van der Waals surface area contributed by atoms with Gasteiger partial charge in [-0.05, 0) is 98.5 Å². The molecule has 4 aliphatic rings. The van der Waals surface area contributed by atoms with E-state index in [1.165, 1.54) is 41.3 Å².